The second-order valence-electron chi connectivity index (χ2n) is 6.84. The van der Waals surface area contributed by atoms with E-state index in [1.54, 1.807) is 7.11 Å². The normalized spacial score (nSPS) is 18.3. The van der Waals surface area contributed by atoms with Crippen molar-refractivity contribution in [2.75, 3.05) is 13.7 Å². The van der Waals surface area contributed by atoms with Crippen LogP contribution in [0.4, 0.5) is 0 Å². The summed E-state index contributed by atoms with van der Waals surface area (Å²) in [4.78, 5) is 7.35. The highest BCUT2D eigenvalue weighted by molar-refractivity contribution is 5.75. The molecular formula is C19H25N5O. The van der Waals surface area contributed by atoms with Crippen molar-refractivity contribution in [3.63, 3.8) is 0 Å². The minimum Gasteiger partial charge on any atom is -0.481 e. The molecular weight excluding hydrogens is 314 g/mol. The monoisotopic (exact) mass is 339 g/mol. The second-order valence-corrected chi connectivity index (χ2v) is 6.84. The highest BCUT2D eigenvalue weighted by Gasteiger charge is 2.32. The van der Waals surface area contributed by atoms with Crippen molar-refractivity contribution in [1.29, 1.82) is 0 Å². The van der Waals surface area contributed by atoms with Crippen molar-refractivity contribution in [3.05, 3.63) is 41.3 Å². The molecule has 0 amide bonds. The SMILES string of the molecule is COc1c([C@@H]2CCCN2Cc2nc3ccccc3n2C)c(C)nn1C. The molecule has 1 saturated heterocycles. The minimum absolute atomic E-state index is 0.337. The Hall–Kier alpha value is -2.34. The Morgan fingerprint density at radius 1 is 1.24 bits per heavy atom. The van der Waals surface area contributed by atoms with Crippen molar-refractivity contribution < 1.29 is 4.74 Å². The molecule has 0 N–H and O–H groups in total. The molecule has 0 radical (unpaired) electrons. The van der Waals surface area contributed by atoms with Crippen molar-refractivity contribution in [1.82, 2.24) is 24.2 Å². The Balaban J connectivity index is 1.67. The molecule has 6 nitrogen and oxygen atoms in total. The Labute approximate surface area is 148 Å². The maximum atomic E-state index is 5.63. The predicted octanol–water partition coefficient (Wildman–Crippen LogP) is 2.96. The third kappa shape index (κ3) is 2.61. The number of aryl methyl sites for hydroxylation is 3. The van der Waals surface area contributed by atoms with Gasteiger partial charge in [-0.2, -0.15) is 5.10 Å². The third-order valence-corrected chi connectivity index (χ3v) is 5.33. The average molecular weight is 339 g/mol. The summed E-state index contributed by atoms with van der Waals surface area (Å²) >= 11 is 0. The van der Waals surface area contributed by atoms with Gasteiger partial charge in [0.05, 0.1) is 35.9 Å². The summed E-state index contributed by atoms with van der Waals surface area (Å²) in [6.07, 6.45) is 2.32. The topological polar surface area (TPSA) is 48.1 Å². The molecule has 4 rings (SSSR count). The van der Waals surface area contributed by atoms with Crippen molar-refractivity contribution in [2.24, 2.45) is 14.1 Å². The van der Waals surface area contributed by atoms with Gasteiger partial charge >= 0.3 is 0 Å². The zero-order valence-electron chi connectivity index (χ0n) is 15.4. The highest BCUT2D eigenvalue weighted by Crippen LogP contribution is 2.39. The van der Waals surface area contributed by atoms with Crippen LogP contribution in [0, 0.1) is 6.92 Å². The summed E-state index contributed by atoms with van der Waals surface area (Å²) in [5, 5.41) is 4.56. The number of hydrogen-bond acceptors (Lipinski definition) is 4. The number of nitrogens with zero attached hydrogens (tertiary/aromatic N) is 5. The van der Waals surface area contributed by atoms with Gasteiger partial charge in [0.2, 0.25) is 5.88 Å². The van der Waals surface area contributed by atoms with Crippen LogP contribution >= 0.6 is 0 Å². The van der Waals surface area contributed by atoms with E-state index in [4.69, 9.17) is 9.72 Å². The van der Waals surface area contributed by atoms with Crippen LogP contribution in [0.25, 0.3) is 11.0 Å². The Morgan fingerprint density at radius 3 is 2.80 bits per heavy atom. The van der Waals surface area contributed by atoms with Gasteiger partial charge in [0.15, 0.2) is 0 Å². The lowest BCUT2D eigenvalue weighted by Gasteiger charge is -2.24. The zero-order chi connectivity index (χ0) is 17.6. The average Bonchev–Trinajstić information content (AvgIpc) is 3.25. The summed E-state index contributed by atoms with van der Waals surface area (Å²) < 4.78 is 9.68. The van der Waals surface area contributed by atoms with Crippen LogP contribution in [-0.2, 0) is 20.6 Å². The van der Waals surface area contributed by atoms with Gasteiger partial charge in [0.1, 0.15) is 5.82 Å². The number of para-hydroxylation sites is 2. The summed E-state index contributed by atoms with van der Waals surface area (Å²) in [5.74, 6) is 1.98. The van der Waals surface area contributed by atoms with Gasteiger partial charge in [0, 0.05) is 20.1 Å². The van der Waals surface area contributed by atoms with E-state index in [1.165, 1.54) is 17.5 Å². The molecule has 1 aliphatic heterocycles. The summed E-state index contributed by atoms with van der Waals surface area (Å²) in [6, 6.07) is 8.65. The quantitative estimate of drug-likeness (QED) is 0.733. The number of imidazole rings is 1. The van der Waals surface area contributed by atoms with Crippen LogP contribution in [0.5, 0.6) is 5.88 Å². The minimum atomic E-state index is 0.337. The fourth-order valence-corrected chi connectivity index (χ4v) is 4.14. The molecule has 132 valence electrons. The molecule has 0 spiro atoms. The highest BCUT2D eigenvalue weighted by atomic mass is 16.5. The van der Waals surface area contributed by atoms with E-state index in [2.05, 4.69) is 46.7 Å². The van der Waals surface area contributed by atoms with Gasteiger partial charge < -0.3 is 9.30 Å². The smallest absolute Gasteiger partial charge is 0.216 e. The maximum absolute atomic E-state index is 5.63. The number of likely N-dealkylation sites (tertiary alicyclic amines) is 1. The van der Waals surface area contributed by atoms with Crippen molar-refractivity contribution in [3.8, 4) is 5.88 Å². The van der Waals surface area contributed by atoms with E-state index < -0.39 is 0 Å². The molecule has 1 fully saturated rings. The lowest BCUT2D eigenvalue weighted by molar-refractivity contribution is 0.233. The molecule has 0 aliphatic carbocycles. The van der Waals surface area contributed by atoms with Crippen LogP contribution in [0.2, 0.25) is 0 Å². The maximum Gasteiger partial charge on any atom is 0.216 e. The molecule has 2 aromatic heterocycles. The largest absolute Gasteiger partial charge is 0.481 e. The summed E-state index contributed by atoms with van der Waals surface area (Å²) in [5.41, 5.74) is 4.52. The fourth-order valence-electron chi connectivity index (χ4n) is 4.14. The van der Waals surface area contributed by atoms with Crippen LogP contribution in [0.15, 0.2) is 24.3 Å². The van der Waals surface area contributed by atoms with Gasteiger partial charge in [-0.15, -0.1) is 0 Å². The first-order valence-electron chi connectivity index (χ1n) is 8.82. The van der Waals surface area contributed by atoms with E-state index in [9.17, 15) is 0 Å². The Morgan fingerprint density at radius 2 is 2.04 bits per heavy atom. The second kappa shape index (κ2) is 6.19. The first-order chi connectivity index (χ1) is 12.1. The number of fused-ring (bicyclic) bond motifs is 1. The predicted molar refractivity (Wildman–Crippen MR) is 97.6 cm³/mol. The lowest BCUT2D eigenvalue weighted by Crippen LogP contribution is -2.25. The third-order valence-electron chi connectivity index (χ3n) is 5.33. The lowest BCUT2D eigenvalue weighted by atomic mass is 10.1. The van der Waals surface area contributed by atoms with Gasteiger partial charge in [-0.05, 0) is 38.4 Å². The molecule has 0 unspecified atom stereocenters. The standard InChI is InChI=1S/C19H25N5O/c1-13-18(19(25-4)23(3)21-13)16-10-7-11-24(16)12-17-20-14-8-5-6-9-15(14)22(17)2/h5-6,8-9,16H,7,10-12H2,1-4H3/t16-/m0/s1. The molecule has 6 heteroatoms. The molecule has 25 heavy (non-hydrogen) atoms. The molecule has 0 bridgehead atoms. The van der Waals surface area contributed by atoms with E-state index >= 15 is 0 Å². The molecule has 0 saturated carbocycles. The number of methoxy groups -OCH3 is 1. The van der Waals surface area contributed by atoms with Gasteiger partial charge in [-0.3, -0.25) is 4.90 Å². The van der Waals surface area contributed by atoms with Crippen LogP contribution in [-0.4, -0.2) is 37.9 Å². The van der Waals surface area contributed by atoms with E-state index in [1.807, 2.05) is 17.8 Å². The molecule has 1 aliphatic rings. The van der Waals surface area contributed by atoms with Crippen molar-refractivity contribution in [2.45, 2.75) is 32.4 Å². The first-order valence-corrected chi connectivity index (χ1v) is 8.82. The number of hydrogen-bond donors (Lipinski definition) is 0. The van der Waals surface area contributed by atoms with Crippen molar-refractivity contribution >= 4 is 11.0 Å². The Kier molecular flexibility index (Phi) is 4.00. The van der Waals surface area contributed by atoms with Gasteiger partial charge in [-0.25, -0.2) is 9.67 Å². The van der Waals surface area contributed by atoms with Crippen LogP contribution < -0.4 is 4.74 Å². The van der Waals surface area contributed by atoms with Gasteiger partial charge in [0.25, 0.3) is 0 Å². The number of benzene rings is 1. The summed E-state index contributed by atoms with van der Waals surface area (Å²) in [7, 11) is 5.77. The summed E-state index contributed by atoms with van der Waals surface area (Å²) in [6.45, 7) is 3.99. The molecule has 1 atom stereocenters. The van der Waals surface area contributed by atoms with E-state index in [0.717, 1.165) is 42.4 Å². The number of aromatic nitrogens is 4. The van der Waals surface area contributed by atoms with Gasteiger partial charge in [-0.1, -0.05) is 12.1 Å². The zero-order valence-corrected chi connectivity index (χ0v) is 15.4. The Bertz CT molecular complexity index is 910. The number of rotatable bonds is 4. The molecule has 3 aromatic rings. The molecule has 3 heterocycles. The number of ether oxygens (including phenoxy) is 1. The van der Waals surface area contributed by atoms with E-state index in [0.29, 0.717) is 6.04 Å². The first kappa shape index (κ1) is 16.1. The molecule has 1 aromatic carbocycles. The van der Waals surface area contributed by atoms with E-state index in [-0.39, 0.29) is 0 Å². The fraction of sp³-hybridized carbons (Fsp3) is 0.474. The van der Waals surface area contributed by atoms with Crippen LogP contribution in [0.1, 0.15) is 36.0 Å². The van der Waals surface area contributed by atoms with Crippen LogP contribution in [0.3, 0.4) is 0 Å².